The lowest BCUT2D eigenvalue weighted by Crippen LogP contribution is -2.47. The molecule has 5 aromatic rings. The van der Waals surface area contributed by atoms with E-state index in [4.69, 9.17) is 19.2 Å². The fourth-order valence-electron chi connectivity index (χ4n) is 9.03. The topological polar surface area (TPSA) is 143 Å². The van der Waals surface area contributed by atoms with Crippen molar-refractivity contribution in [3.05, 3.63) is 100 Å². The molecule has 3 aromatic carbocycles. The molecule has 3 atom stereocenters. The molecule has 12 nitrogen and oxygen atoms in total. The van der Waals surface area contributed by atoms with Crippen molar-refractivity contribution in [1.82, 2.24) is 14.9 Å². The Kier molecular flexibility index (Phi) is 11.4. The van der Waals surface area contributed by atoms with Crippen molar-refractivity contribution < 1.29 is 33.7 Å². The van der Waals surface area contributed by atoms with Crippen LogP contribution in [-0.4, -0.2) is 89.4 Å². The van der Waals surface area contributed by atoms with Gasteiger partial charge >= 0.3 is 11.9 Å². The zero-order chi connectivity index (χ0) is 41.4. The van der Waals surface area contributed by atoms with Crippen LogP contribution in [0, 0.1) is 6.92 Å². The molecule has 3 aliphatic rings. The van der Waals surface area contributed by atoms with Gasteiger partial charge in [0, 0.05) is 36.3 Å². The van der Waals surface area contributed by atoms with Gasteiger partial charge in [0.1, 0.15) is 18.2 Å². The number of ether oxygens (including phenoxy) is 3. The number of carboxylic acids is 1. The number of carbonyl (C=O) groups excluding carboxylic acids is 2. The number of carbonyl (C=O) groups is 3. The van der Waals surface area contributed by atoms with Crippen LogP contribution < -0.4 is 15.0 Å². The largest absolute Gasteiger partial charge is 0.491 e. The molecule has 0 spiro atoms. The summed E-state index contributed by atoms with van der Waals surface area (Å²) in [6.45, 7) is 10.3. The monoisotopic (exact) mass is 817 g/mol. The second-order valence-electron chi connectivity index (χ2n) is 16.7. The van der Waals surface area contributed by atoms with Gasteiger partial charge in [-0.25, -0.2) is 14.8 Å². The number of hydrogen-bond donors (Lipinski definition) is 2. The van der Waals surface area contributed by atoms with Gasteiger partial charge in [-0.15, -0.1) is 0 Å². The van der Waals surface area contributed by atoms with E-state index in [0.717, 1.165) is 63.7 Å². The molecular formula is C46H51N5O7S. The first kappa shape index (κ1) is 40.4. The first-order valence-corrected chi connectivity index (χ1v) is 21.2. The van der Waals surface area contributed by atoms with Crippen molar-refractivity contribution in [3.63, 3.8) is 0 Å². The Morgan fingerprint density at radius 2 is 1.73 bits per heavy atom. The molecule has 13 heteroatoms. The maximum Gasteiger partial charge on any atom is 0.355 e. The number of pyridine rings is 1. The van der Waals surface area contributed by atoms with Crippen LogP contribution in [0.4, 0.5) is 10.9 Å². The summed E-state index contributed by atoms with van der Waals surface area (Å²) < 4.78 is 18.5. The zero-order valence-electron chi connectivity index (χ0n) is 34.2. The second kappa shape index (κ2) is 16.7. The van der Waals surface area contributed by atoms with Gasteiger partial charge in [-0.2, -0.15) is 0 Å². The number of fused-ring (bicyclic) bond motifs is 4. The number of thiazole rings is 1. The molecule has 0 aliphatic carbocycles. The number of nitrogens with one attached hydrogen (secondary N) is 1. The molecule has 3 aliphatic heterocycles. The highest BCUT2D eigenvalue weighted by atomic mass is 32.1. The summed E-state index contributed by atoms with van der Waals surface area (Å²) in [5, 5.41) is 14.3. The molecule has 308 valence electrons. The van der Waals surface area contributed by atoms with E-state index in [1.807, 2.05) is 73.7 Å². The van der Waals surface area contributed by atoms with Gasteiger partial charge in [0.05, 0.1) is 36.6 Å². The smallest absolute Gasteiger partial charge is 0.355 e. The number of methoxy groups -OCH3 is 1. The van der Waals surface area contributed by atoms with Crippen LogP contribution in [0.25, 0.3) is 21.3 Å². The first-order chi connectivity index (χ1) is 28.4. The van der Waals surface area contributed by atoms with Crippen LogP contribution in [-0.2, 0) is 32.6 Å². The number of rotatable bonds is 12. The summed E-state index contributed by atoms with van der Waals surface area (Å²) in [6.07, 6.45) is 4.66. The number of aromatic nitrogens is 2. The van der Waals surface area contributed by atoms with E-state index in [0.29, 0.717) is 79.2 Å². The predicted molar refractivity (Wildman–Crippen MR) is 229 cm³/mol. The van der Waals surface area contributed by atoms with E-state index in [1.165, 1.54) is 18.4 Å². The van der Waals surface area contributed by atoms with E-state index in [2.05, 4.69) is 40.9 Å². The predicted octanol–water partition coefficient (Wildman–Crippen LogP) is 8.04. The molecule has 5 heterocycles. The van der Waals surface area contributed by atoms with Crippen molar-refractivity contribution in [2.45, 2.75) is 89.9 Å². The minimum absolute atomic E-state index is 0.0307. The number of hydrogen-bond acceptors (Lipinski definition) is 11. The highest BCUT2D eigenvalue weighted by Crippen LogP contribution is 2.42. The van der Waals surface area contributed by atoms with Crippen LogP contribution in [0.2, 0.25) is 0 Å². The number of anilines is 2. The summed E-state index contributed by atoms with van der Waals surface area (Å²) in [5.74, 6) is -0.345. The number of para-hydroxylation sites is 1. The van der Waals surface area contributed by atoms with Gasteiger partial charge in [0.15, 0.2) is 10.8 Å². The van der Waals surface area contributed by atoms with Crippen molar-refractivity contribution >= 4 is 50.3 Å². The highest BCUT2D eigenvalue weighted by molar-refractivity contribution is 7.22. The molecule has 8 rings (SSSR count). The molecular weight excluding hydrogens is 767 g/mol. The molecule has 2 N–H and O–H groups in total. The maximum atomic E-state index is 13.7. The SMILES string of the molecule is COC(=O)CN1[C@@H]2CC[C@H]1CC(OCCOc1cccc(-c3c(C(C)(C)C)cc(N4CCc5cccc(C(=O)Nc6nc7ccccc7s6)c5C4)nc3C(=O)O)c1C)C2. The second-order valence-corrected chi connectivity index (χ2v) is 17.8. The van der Waals surface area contributed by atoms with Crippen molar-refractivity contribution in [3.8, 4) is 16.9 Å². The third-order valence-electron chi connectivity index (χ3n) is 12.0. The number of amides is 1. The Hall–Kier alpha value is -5.37. The Balaban J connectivity index is 1.01. The molecule has 59 heavy (non-hydrogen) atoms. The van der Waals surface area contributed by atoms with Crippen LogP contribution in [0.5, 0.6) is 5.75 Å². The minimum atomic E-state index is -1.12. The van der Waals surface area contributed by atoms with E-state index in [-0.39, 0.29) is 23.7 Å². The third kappa shape index (κ3) is 8.41. The molecule has 2 bridgehead atoms. The maximum absolute atomic E-state index is 13.7. The summed E-state index contributed by atoms with van der Waals surface area (Å²) in [4.78, 5) is 52.6. The highest BCUT2D eigenvalue weighted by Gasteiger charge is 2.42. The molecule has 0 saturated carbocycles. The first-order valence-electron chi connectivity index (χ1n) is 20.4. The lowest BCUT2D eigenvalue weighted by atomic mass is 9.80. The summed E-state index contributed by atoms with van der Waals surface area (Å²) in [7, 11) is 1.43. The Bertz CT molecular complexity index is 2360. The number of piperidine rings is 1. The van der Waals surface area contributed by atoms with E-state index in [1.54, 1.807) is 0 Å². The number of esters is 1. The Morgan fingerprint density at radius 3 is 2.46 bits per heavy atom. The Morgan fingerprint density at radius 1 is 0.966 bits per heavy atom. The molecule has 2 fully saturated rings. The summed E-state index contributed by atoms with van der Waals surface area (Å²) in [5.41, 5.74) is 5.86. The fourth-order valence-corrected chi connectivity index (χ4v) is 9.89. The third-order valence-corrected chi connectivity index (χ3v) is 13.0. The number of benzene rings is 3. The normalized spacial score (nSPS) is 19.1. The van der Waals surface area contributed by atoms with E-state index < -0.39 is 11.4 Å². The molecule has 2 saturated heterocycles. The average Bonchev–Trinajstić information content (AvgIpc) is 3.73. The zero-order valence-corrected chi connectivity index (χ0v) is 35.1. The molecule has 0 radical (unpaired) electrons. The molecule has 1 amide bonds. The van der Waals surface area contributed by atoms with Crippen LogP contribution in [0.15, 0.2) is 66.7 Å². The van der Waals surface area contributed by atoms with Gasteiger partial charge in [-0.05, 0) is 103 Å². The standard InChI is InChI=1S/C46H51N5O7S/c1-27-32(11-9-14-37(27)58-21-20-57-31-22-29-16-17-30(23-31)51(29)26-40(52)56-5)41-35(46(2,3)4)24-39(48-42(41)44(54)55)50-19-18-28-10-8-12-33(34(28)25-50)43(53)49-45-47-36-13-6-7-15-38(36)59-45/h6-15,24,29-31H,16-23,25-26H2,1-5H3,(H,54,55)(H,47,49,53)/t29-,30+,31?. The van der Waals surface area contributed by atoms with Gasteiger partial charge in [-0.3, -0.25) is 19.8 Å². The Labute approximate surface area is 348 Å². The van der Waals surface area contributed by atoms with E-state index in [9.17, 15) is 19.5 Å². The van der Waals surface area contributed by atoms with Gasteiger partial charge in [0.2, 0.25) is 0 Å². The van der Waals surface area contributed by atoms with Crippen molar-refractivity contribution in [1.29, 1.82) is 0 Å². The summed E-state index contributed by atoms with van der Waals surface area (Å²) in [6, 6.07) is 22.0. The van der Waals surface area contributed by atoms with Gasteiger partial charge < -0.3 is 24.2 Å². The van der Waals surface area contributed by atoms with Crippen LogP contribution >= 0.6 is 11.3 Å². The number of carboxylic acid groups (broad SMARTS) is 1. The van der Waals surface area contributed by atoms with Gasteiger partial charge in [-0.1, -0.05) is 68.5 Å². The lowest BCUT2D eigenvalue weighted by molar-refractivity contribution is -0.144. The van der Waals surface area contributed by atoms with Crippen molar-refractivity contribution in [2.24, 2.45) is 0 Å². The molecule has 2 aromatic heterocycles. The molecule has 1 unspecified atom stereocenters. The minimum Gasteiger partial charge on any atom is -0.491 e. The quantitative estimate of drug-likeness (QED) is 0.0933. The van der Waals surface area contributed by atoms with E-state index >= 15 is 0 Å². The number of nitrogens with zero attached hydrogens (tertiary/aromatic N) is 4. The average molecular weight is 818 g/mol. The van der Waals surface area contributed by atoms with Gasteiger partial charge in [0.25, 0.3) is 5.91 Å². The lowest BCUT2D eigenvalue weighted by Gasteiger charge is -2.38. The number of aromatic carboxylic acids is 1. The fraction of sp³-hybridized carbons (Fsp3) is 0.413. The van der Waals surface area contributed by atoms with Crippen LogP contribution in [0.1, 0.15) is 89.6 Å². The van der Waals surface area contributed by atoms with Crippen molar-refractivity contribution in [2.75, 3.05) is 43.6 Å². The summed E-state index contributed by atoms with van der Waals surface area (Å²) >= 11 is 1.43. The van der Waals surface area contributed by atoms with Crippen LogP contribution in [0.3, 0.4) is 0 Å².